The predicted molar refractivity (Wildman–Crippen MR) is 61.3 cm³/mol. The van der Waals surface area contributed by atoms with E-state index in [1.807, 2.05) is 0 Å². The fraction of sp³-hybridized carbons (Fsp3) is 0.111. The Morgan fingerprint density at radius 3 is 2.56 bits per heavy atom. The third-order valence-electron chi connectivity index (χ3n) is 1.81. The number of anilines is 2. The summed E-state index contributed by atoms with van der Waals surface area (Å²) in [5, 5.41) is 2.71. The molecule has 96 valence electrons. The van der Waals surface area contributed by atoms with E-state index in [1.54, 1.807) is 6.07 Å². The maximum absolute atomic E-state index is 12.2. The van der Waals surface area contributed by atoms with Gasteiger partial charge >= 0.3 is 6.36 Å². The fourth-order valence-corrected chi connectivity index (χ4v) is 1.81. The molecular formula is C9H5ClF3N3OS. The smallest absolute Gasteiger partial charge is 0.404 e. The molecule has 0 saturated heterocycles. The quantitative estimate of drug-likeness (QED) is 0.935. The molecule has 1 aromatic carbocycles. The summed E-state index contributed by atoms with van der Waals surface area (Å²) >= 11 is 6.53. The van der Waals surface area contributed by atoms with E-state index in [0.29, 0.717) is 0 Å². The summed E-state index contributed by atoms with van der Waals surface area (Å²) in [6.45, 7) is 0. The number of aromatic nitrogens is 2. The first-order valence-corrected chi connectivity index (χ1v) is 5.66. The number of nitrogens with one attached hydrogen (secondary N) is 1. The second kappa shape index (κ2) is 4.99. The van der Waals surface area contributed by atoms with Crippen molar-refractivity contribution in [2.75, 3.05) is 5.32 Å². The average Bonchev–Trinajstić information content (AvgIpc) is 2.65. The van der Waals surface area contributed by atoms with Crippen molar-refractivity contribution in [3.63, 3.8) is 0 Å². The van der Waals surface area contributed by atoms with E-state index in [1.165, 1.54) is 18.2 Å². The van der Waals surface area contributed by atoms with E-state index in [4.69, 9.17) is 11.6 Å². The predicted octanol–water partition coefficient (Wildman–Crippen LogP) is 3.83. The molecule has 0 spiro atoms. The van der Waals surface area contributed by atoms with Crippen LogP contribution in [0.5, 0.6) is 5.75 Å². The normalized spacial score (nSPS) is 11.3. The van der Waals surface area contributed by atoms with Gasteiger partial charge in [-0.2, -0.15) is 8.75 Å². The zero-order chi connectivity index (χ0) is 13.2. The zero-order valence-corrected chi connectivity index (χ0v) is 10.1. The molecule has 0 unspecified atom stereocenters. The minimum absolute atomic E-state index is 0.0850. The van der Waals surface area contributed by atoms with Crippen LogP contribution < -0.4 is 10.1 Å². The van der Waals surface area contributed by atoms with Crippen molar-refractivity contribution < 1.29 is 17.9 Å². The topological polar surface area (TPSA) is 47.0 Å². The van der Waals surface area contributed by atoms with Gasteiger partial charge in [-0.05, 0) is 12.1 Å². The van der Waals surface area contributed by atoms with Gasteiger partial charge in [0.05, 0.1) is 17.4 Å². The van der Waals surface area contributed by atoms with Crippen molar-refractivity contribution in [2.24, 2.45) is 0 Å². The molecule has 0 bridgehead atoms. The maximum atomic E-state index is 12.2. The highest BCUT2D eigenvalue weighted by Crippen LogP contribution is 2.33. The Kier molecular flexibility index (Phi) is 3.58. The third kappa shape index (κ3) is 3.23. The van der Waals surface area contributed by atoms with Crippen molar-refractivity contribution in [3.8, 4) is 5.75 Å². The molecule has 0 amide bonds. The molecule has 1 N–H and O–H groups in total. The van der Waals surface area contributed by atoms with Gasteiger partial charge in [0.1, 0.15) is 0 Å². The highest BCUT2D eigenvalue weighted by molar-refractivity contribution is 6.99. The molecule has 0 aliphatic rings. The van der Waals surface area contributed by atoms with E-state index >= 15 is 0 Å². The first-order chi connectivity index (χ1) is 8.46. The number of hydrogen-bond donors (Lipinski definition) is 1. The van der Waals surface area contributed by atoms with E-state index in [9.17, 15) is 13.2 Å². The molecule has 0 aliphatic heterocycles. The number of nitrogens with zero attached hydrogens (tertiary/aromatic N) is 2. The lowest BCUT2D eigenvalue weighted by Gasteiger charge is -2.13. The fourth-order valence-electron chi connectivity index (χ4n) is 1.16. The highest BCUT2D eigenvalue weighted by atomic mass is 35.5. The van der Waals surface area contributed by atoms with Crippen LogP contribution in [-0.4, -0.2) is 15.1 Å². The maximum Gasteiger partial charge on any atom is 0.573 e. The number of alkyl halides is 3. The molecule has 1 heterocycles. The molecular weight excluding hydrogens is 291 g/mol. The lowest BCUT2D eigenvalue weighted by molar-refractivity contribution is -0.274. The van der Waals surface area contributed by atoms with Gasteiger partial charge in [-0.1, -0.05) is 23.7 Å². The summed E-state index contributed by atoms with van der Waals surface area (Å²) in [5.41, 5.74) is 0.101. The minimum atomic E-state index is -4.76. The van der Waals surface area contributed by atoms with Crippen LogP contribution in [0, 0.1) is 0 Å². The monoisotopic (exact) mass is 295 g/mol. The van der Waals surface area contributed by atoms with Gasteiger partial charge in [-0.15, -0.1) is 13.2 Å². The molecule has 2 rings (SSSR count). The van der Waals surface area contributed by atoms with Crippen molar-refractivity contribution in [2.45, 2.75) is 6.36 Å². The second-order valence-electron chi connectivity index (χ2n) is 3.07. The largest absolute Gasteiger partial charge is 0.573 e. The molecule has 2 aromatic rings. The number of benzene rings is 1. The van der Waals surface area contributed by atoms with Crippen molar-refractivity contribution in [1.82, 2.24) is 8.75 Å². The van der Waals surface area contributed by atoms with Crippen molar-refractivity contribution in [1.29, 1.82) is 0 Å². The first-order valence-electron chi connectivity index (χ1n) is 4.55. The lowest BCUT2D eigenvalue weighted by atomic mass is 10.3. The first kappa shape index (κ1) is 12.9. The summed E-state index contributed by atoms with van der Waals surface area (Å²) in [6, 6.07) is 5.58. The van der Waals surface area contributed by atoms with Crippen molar-refractivity contribution >= 4 is 34.8 Å². The summed E-state index contributed by atoms with van der Waals surface area (Å²) in [6.07, 6.45) is -4.76. The molecule has 18 heavy (non-hydrogen) atoms. The Morgan fingerprint density at radius 1 is 1.22 bits per heavy atom. The van der Waals surface area contributed by atoms with Gasteiger partial charge in [0, 0.05) is 0 Å². The van der Waals surface area contributed by atoms with Crippen LogP contribution in [0.4, 0.5) is 24.7 Å². The SMILES string of the molecule is FC(F)(F)Oc1ccccc1Nc1nsnc1Cl. The van der Waals surface area contributed by atoms with Gasteiger partial charge in [-0.3, -0.25) is 0 Å². The highest BCUT2D eigenvalue weighted by Gasteiger charge is 2.32. The molecule has 1 aromatic heterocycles. The Bertz CT molecular complexity index is 546. The number of rotatable bonds is 3. The van der Waals surface area contributed by atoms with E-state index in [-0.39, 0.29) is 22.4 Å². The number of para-hydroxylation sites is 2. The van der Waals surface area contributed by atoms with Crippen LogP contribution in [0.25, 0.3) is 0 Å². The Labute approximate surface area is 109 Å². The summed E-state index contributed by atoms with van der Waals surface area (Å²) in [5.74, 6) is -0.186. The van der Waals surface area contributed by atoms with E-state index in [2.05, 4.69) is 18.8 Å². The lowest BCUT2D eigenvalue weighted by Crippen LogP contribution is -2.17. The van der Waals surface area contributed by atoms with Crippen LogP contribution in [0.1, 0.15) is 0 Å². The molecule has 0 fully saturated rings. The molecule has 0 aliphatic carbocycles. The summed E-state index contributed by atoms with van der Waals surface area (Å²) in [4.78, 5) is 0. The van der Waals surface area contributed by atoms with Crippen molar-refractivity contribution in [3.05, 3.63) is 29.4 Å². The van der Waals surface area contributed by atoms with Gasteiger partial charge in [0.25, 0.3) is 0 Å². The van der Waals surface area contributed by atoms with Gasteiger partial charge in [0.2, 0.25) is 0 Å². The standard InChI is InChI=1S/C9H5ClF3N3OS/c10-7-8(16-18-15-7)14-5-3-1-2-4-6(5)17-9(11,12)13/h1-4H,(H,14,16). The number of hydrogen-bond acceptors (Lipinski definition) is 5. The van der Waals surface area contributed by atoms with Crippen LogP contribution in [-0.2, 0) is 0 Å². The zero-order valence-electron chi connectivity index (χ0n) is 8.53. The molecule has 0 atom stereocenters. The van der Waals surface area contributed by atoms with Gasteiger partial charge in [0.15, 0.2) is 16.7 Å². The summed E-state index contributed by atoms with van der Waals surface area (Å²) < 4.78 is 47.9. The van der Waals surface area contributed by atoms with Crippen LogP contribution in [0.3, 0.4) is 0 Å². The Hall–Kier alpha value is -1.54. The Morgan fingerprint density at radius 2 is 1.94 bits per heavy atom. The third-order valence-corrected chi connectivity index (χ3v) is 2.71. The second-order valence-corrected chi connectivity index (χ2v) is 3.96. The van der Waals surface area contributed by atoms with Crippen LogP contribution in [0.2, 0.25) is 5.15 Å². The summed E-state index contributed by atoms with van der Waals surface area (Å²) in [7, 11) is 0. The van der Waals surface area contributed by atoms with Crippen LogP contribution in [0.15, 0.2) is 24.3 Å². The van der Waals surface area contributed by atoms with Gasteiger partial charge in [-0.25, -0.2) is 0 Å². The van der Waals surface area contributed by atoms with E-state index in [0.717, 1.165) is 11.7 Å². The molecule has 0 radical (unpaired) electrons. The number of halogens is 4. The van der Waals surface area contributed by atoms with Crippen LogP contribution >= 0.6 is 23.3 Å². The van der Waals surface area contributed by atoms with Gasteiger partial charge < -0.3 is 10.1 Å². The minimum Gasteiger partial charge on any atom is -0.404 e. The number of ether oxygens (including phenoxy) is 1. The molecule has 0 saturated carbocycles. The average molecular weight is 296 g/mol. The molecule has 9 heteroatoms. The Balaban J connectivity index is 2.25. The molecule has 4 nitrogen and oxygen atoms in total. The van der Waals surface area contributed by atoms with E-state index < -0.39 is 6.36 Å².